The van der Waals surface area contributed by atoms with Gasteiger partial charge in [0.2, 0.25) is 5.95 Å². The van der Waals surface area contributed by atoms with Crippen LogP contribution in [0, 0.1) is 6.92 Å². The SMILES string of the molecule is Cc1cnc(Nc2ccc(CO)c(CO)c2)nc1-c1cnn(CC2(Cl)CC2)c1. The van der Waals surface area contributed by atoms with Gasteiger partial charge in [-0.3, -0.25) is 4.68 Å². The van der Waals surface area contributed by atoms with Crippen LogP contribution in [0.1, 0.15) is 29.5 Å². The van der Waals surface area contributed by atoms with Gasteiger partial charge in [-0.1, -0.05) is 6.07 Å². The molecule has 2 heterocycles. The van der Waals surface area contributed by atoms with Crippen molar-refractivity contribution in [2.75, 3.05) is 5.32 Å². The van der Waals surface area contributed by atoms with Crippen molar-refractivity contribution in [3.63, 3.8) is 0 Å². The zero-order chi connectivity index (χ0) is 19.7. The van der Waals surface area contributed by atoms with E-state index in [1.807, 2.05) is 23.9 Å². The van der Waals surface area contributed by atoms with Gasteiger partial charge in [0.1, 0.15) is 0 Å². The molecule has 7 nitrogen and oxygen atoms in total. The Morgan fingerprint density at radius 2 is 1.96 bits per heavy atom. The van der Waals surface area contributed by atoms with E-state index in [9.17, 15) is 10.2 Å². The number of nitrogens with one attached hydrogen (secondary N) is 1. The van der Waals surface area contributed by atoms with Crippen molar-refractivity contribution in [2.45, 2.75) is 44.4 Å². The Balaban J connectivity index is 1.57. The predicted molar refractivity (Wildman–Crippen MR) is 107 cm³/mol. The third-order valence-corrected chi connectivity index (χ3v) is 5.42. The molecule has 0 amide bonds. The molecule has 0 aliphatic heterocycles. The molecule has 0 spiro atoms. The van der Waals surface area contributed by atoms with Crippen LogP contribution in [0.15, 0.2) is 36.8 Å². The first-order valence-electron chi connectivity index (χ1n) is 9.15. The van der Waals surface area contributed by atoms with E-state index in [2.05, 4.69) is 20.4 Å². The molecule has 146 valence electrons. The van der Waals surface area contributed by atoms with Gasteiger partial charge in [-0.25, -0.2) is 9.97 Å². The van der Waals surface area contributed by atoms with Crippen molar-refractivity contribution in [3.8, 4) is 11.3 Å². The van der Waals surface area contributed by atoms with Gasteiger partial charge < -0.3 is 15.5 Å². The fourth-order valence-corrected chi connectivity index (χ4v) is 3.30. The maximum Gasteiger partial charge on any atom is 0.227 e. The molecule has 0 unspecified atom stereocenters. The van der Waals surface area contributed by atoms with E-state index in [0.29, 0.717) is 23.6 Å². The van der Waals surface area contributed by atoms with Crippen molar-refractivity contribution in [1.29, 1.82) is 0 Å². The highest BCUT2D eigenvalue weighted by atomic mass is 35.5. The minimum Gasteiger partial charge on any atom is -0.392 e. The number of aliphatic hydroxyl groups is 2. The first-order chi connectivity index (χ1) is 13.5. The third-order valence-electron chi connectivity index (χ3n) is 4.92. The van der Waals surface area contributed by atoms with E-state index in [0.717, 1.165) is 35.3 Å². The van der Waals surface area contributed by atoms with Crippen LogP contribution in [-0.2, 0) is 19.8 Å². The van der Waals surface area contributed by atoms with Crippen molar-refractivity contribution >= 4 is 23.2 Å². The summed E-state index contributed by atoms with van der Waals surface area (Å²) in [5.41, 5.74) is 4.76. The largest absolute Gasteiger partial charge is 0.392 e. The Labute approximate surface area is 168 Å². The third kappa shape index (κ3) is 4.01. The van der Waals surface area contributed by atoms with Crippen LogP contribution in [0.5, 0.6) is 0 Å². The van der Waals surface area contributed by atoms with Crippen LogP contribution in [0.2, 0.25) is 0 Å². The number of rotatable bonds is 7. The summed E-state index contributed by atoms with van der Waals surface area (Å²) in [7, 11) is 0. The molecule has 4 rings (SSSR count). The number of hydrogen-bond acceptors (Lipinski definition) is 6. The fourth-order valence-electron chi connectivity index (χ4n) is 3.09. The van der Waals surface area contributed by atoms with Crippen molar-refractivity contribution in [2.24, 2.45) is 0 Å². The van der Waals surface area contributed by atoms with E-state index >= 15 is 0 Å². The highest BCUT2D eigenvalue weighted by Gasteiger charge is 2.41. The standard InChI is InChI=1S/C20H22ClN5O2/c1-13-7-22-19(24-17-3-2-14(10-27)15(6-17)11-28)25-18(13)16-8-23-26(9-16)12-20(21)4-5-20/h2-3,6-9,27-28H,4-5,10-12H2,1H3,(H,22,24,25). The number of aliphatic hydroxyl groups excluding tert-OH is 2. The first-order valence-corrected chi connectivity index (χ1v) is 9.53. The number of hydrogen-bond donors (Lipinski definition) is 3. The van der Waals surface area contributed by atoms with Gasteiger partial charge in [-0.2, -0.15) is 5.10 Å². The summed E-state index contributed by atoms with van der Waals surface area (Å²) in [5, 5.41) is 26.4. The molecule has 0 saturated heterocycles. The second-order valence-corrected chi connectivity index (χ2v) is 8.03. The van der Waals surface area contributed by atoms with Crippen molar-refractivity contribution in [3.05, 3.63) is 53.5 Å². The molecular formula is C20H22ClN5O2. The second-order valence-electron chi connectivity index (χ2n) is 7.23. The smallest absolute Gasteiger partial charge is 0.227 e. The summed E-state index contributed by atoms with van der Waals surface area (Å²) in [6, 6.07) is 5.37. The molecule has 0 radical (unpaired) electrons. The van der Waals surface area contributed by atoms with E-state index in [1.165, 1.54) is 0 Å². The quantitative estimate of drug-likeness (QED) is 0.528. The normalized spacial score (nSPS) is 14.9. The molecule has 8 heteroatoms. The van der Waals surface area contributed by atoms with Gasteiger partial charge in [0.25, 0.3) is 0 Å². The van der Waals surface area contributed by atoms with E-state index in [1.54, 1.807) is 24.5 Å². The first kappa shape index (κ1) is 18.9. The maximum absolute atomic E-state index is 9.47. The predicted octanol–water partition coefficient (Wildman–Crippen LogP) is 3.15. The number of benzene rings is 1. The second kappa shape index (κ2) is 7.50. The van der Waals surface area contributed by atoms with Crippen molar-refractivity contribution in [1.82, 2.24) is 19.7 Å². The Hall–Kier alpha value is -2.48. The minimum atomic E-state index is -0.146. The molecule has 1 aliphatic carbocycles. The molecule has 1 aliphatic rings. The van der Waals surface area contributed by atoms with Gasteiger partial charge >= 0.3 is 0 Å². The Kier molecular flexibility index (Phi) is 5.05. The summed E-state index contributed by atoms with van der Waals surface area (Å²) in [4.78, 5) is 8.86. The number of alkyl halides is 1. The van der Waals surface area contributed by atoms with Gasteiger partial charge in [0, 0.05) is 23.6 Å². The van der Waals surface area contributed by atoms with Gasteiger partial charge in [-0.05, 0) is 48.6 Å². The monoisotopic (exact) mass is 399 g/mol. The molecule has 3 N–H and O–H groups in total. The Bertz CT molecular complexity index is 1000. The summed E-state index contributed by atoms with van der Waals surface area (Å²) in [5.74, 6) is 0.449. The molecule has 2 aromatic heterocycles. The van der Waals surface area contributed by atoms with E-state index in [4.69, 9.17) is 11.6 Å². The summed E-state index contributed by atoms with van der Waals surface area (Å²) < 4.78 is 1.87. The minimum absolute atomic E-state index is 0.116. The van der Waals surface area contributed by atoms with Crippen molar-refractivity contribution < 1.29 is 10.2 Å². The van der Waals surface area contributed by atoms with E-state index < -0.39 is 0 Å². The highest BCUT2D eigenvalue weighted by molar-refractivity contribution is 6.25. The molecule has 28 heavy (non-hydrogen) atoms. The molecular weight excluding hydrogens is 378 g/mol. The summed E-state index contributed by atoms with van der Waals surface area (Å²) in [6.07, 6.45) is 7.56. The Morgan fingerprint density at radius 1 is 1.18 bits per heavy atom. The molecule has 0 atom stereocenters. The average Bonchev–Trinajstić information content (AvgIpc) is 3.24. The van der Waals surface area contributed by atoms with Crippen LogP contribution in [0.25, 0.3) is 11.3 Å². The average molecular weight is 400 g/mol. The number of aryl methyl sites for hydroxylation is 1. The lowest BCUT2D eigenvalue weighted by atomic mass is 10.1. The summed E-state index contributed by atoms with van der Waals surface area (Å²) >= 11 is 6.40. The van der Waals surface area contributed by atoms with Gasteiger partial charge in [0.05, 0.1) is 36.5 Å². The number of nitrogens with zero attached hydrogens (tertiary/aromatic N) is 4. The van der Waals surface area contributed by atoms with Gasteiger partial charge in [0.15, 0.2) is 0 Å². The van der Waals surface area contributed by atoms with Crippen LogP contribution >= 0.6 is 11.6 Å². The summed E-state index contributed by atoms with van der Waals surface area (Å²) in [6.45, 7) is 2.40. The number of halogens is 1. The van der Waals surface area contributed by atoms with Gasteiger partial charge in [-0.15, -0.1) is 11.6 Å². The van der Waals surface area contributed by atoms with Crippen LogP contribution in [-0.4, -0.2) is 34.8 Å². The Morgan fingerprint density at radius 3 is 2.68 bits per heavy atom. The fraction of sp³-hybridized carbons (Fsp3) is 0.350. The zero-order valence-corrected chi connectivity index (χ0v) is 16.3. The van der Waals surface area contributed by atoms with Crippen LogP contribution < -0.4 is 5.32 Å². The van der Waals surface area contributed by atoms with Crippen LogP contribution in [0.3, 0.4) is 0 Å². The zero-order valence-electron chi connectivity index (χ0n) is 15.6. The molecule has 1 fully saturated rings. The topological polar surface area (TPSA) is 96.1 Å². The molecule has 0 bridgehead atoms. The van der Waals surface area contributed by atoms with E-state index in [-0.39, 0.29) is 18.1 Å². The number of anilines is 2. The lowest BCUT2D eigenvalue weighted by Crippen LogP contribution is -2.11. The molecule has 1 aromatic carbocycles. The molecule has 1 saturated carbocycles. The van der Waals surface area contributed by atoms with Crippen LogP contribution in [0.4, 0.5) is 11.6 Å². The highest BCUT2D eigenvalue weighted by Crippen LogP contribution is 2.43. The lowest BCUT2D eigenvalue weighted by molar-refractivity contribution is 0.260. The molecule has 3 aromatic rings. The number of aromatic nitrogens is 4. The lowest BCUT2D eigenvalue weighted by Gasteiger charge is -2.11. The maximum atomic E-state index is 9.47.